The zero-order valence-corrected chi connectivity index (χ0v) is 13.5. The number of hydrogen-bond donors (Lipinski definition) is 2. The number of carbonyl (C=O) groups is 2. The summed E-state index contributed by atoms with van der Waals surface area (Å²) in [5.41, 5.74) is 1.42. The minimum atomic E-state index is -0.424. The van der Waals surface area contributed by atoms with Gasteiger partial charge in [0.1, 0.15) is 10.6 Å². The first kappa shape index (κ1) is 15.8. The Kier molecular flexibility index (Phi) is 4.57. The highest BCUT2D eigenvalue weighted by Gasteiger charge is 2.17. The van der Waals surface area contributed by atoms with Crippen molar-refractivity contribution >= 4 is 34.0 Å². The van der Waals surface area contributed by atoms with Crippen LogP contribution in [0.4, 0.5) is 10.8 Å². The van der Waals surface area contributed by atoms with Crippen molar-refractivity contribution in [3.8, 4) is 0 Å². The number of hydrogen-bond acceptors (Lipinski definition) is 6. The fraction of sp³-hybridized carbons (Fsp3) is 0.0625. The number of anilines is 2. The van der Waals surface area contributed by atoms with Crippen molar-refractivity contribution in [3.63, 3.8) is 0 Å². The SMILES string of the molecule is Cc1nc(NC(=O)c2cnccn2)sc1C(=O)Nc1ccccc1. The topological polar surface area (TPSA) is 96.9 Å². The van der Waals surface area contributed by atoms with Crippen molar-refractivity contribution in [1.82, 2.24) is 15.0 Å². The van der Waals surface area contributed by atoms with Gasteiger partial charge in [-0.2, -0.15) is 0 Å². The van der Waals surface area contributed by atoms with Crippen LogP contribution < -0.4 is 10.6 Å². The molecule has 0 atom stereocenters. The van der Waals surface area contributed by atoms with E-state index < -0.39 is 5.91 Å². The molecule has 2 N–H and O–H groups in total. The van der Waals surface area contributed by atoms with E-state index in [1.54, 1.807) is 19.1 Å². The number of para-hydroxylation sites is 1. The number of amides is 2. The van der Waals surface area contributed by atoms with Gasteiger partial charge in [-0.15, -0.1) is 0 Å². The van der Waals surface area contributed by atoms with Gasteiger partial charge >= 0.3 is 0 Å². The first-order chi connectivity index (χ1) is 11.6. The number of rotatable bonds is 4. The fourth-order valence-electron chi connectivity index (χ4n) is 1.95. The van der Waals surface area contributed by atoms with E-state index in [1.807, 2.05) is 18.2 Å². The van der Waals surface area contributed by atoms with E-state index in [0.29, 0.717) is 21.4 Å². The lowest BCUT2D eigenvalue weighted by atomic mass is 10.3. The zero-order valence-electron chi connectivity index (χ0n) is 12.7. The maximum atomic E-state index is 12.3. The van der Waals surface area contributed by atoms with E-state index in [1.165, 1.54) is 18.6 Å². The quantitative estimate of drug-likeness (QED) is 0.762. The Bertz CT molecular complexity index is 865. The smallest absolute Gasteiger partial charge is 0.277 e. The Balaban J connectivity index is 1.73. The van der Waals surface area contributed by atoms with E-state index in [0.717, 1.165) is 11.3 Å². The number of aromatic nitrogens is 3. The zero-order chi connectivity index (χ0) is 16.9. The number of benzene rings is 1. The van der Waals surface area contributed by atoms with Crippen molar-refractivity contribution < 1.29 is 9.59 Å². The van der Waals surface area contributed by atoms with Gasteiger partial charge in [-0.3, -0.25) is 19.9 Å². The third kappa shape index (κ3) is 3.61. The van der Waals surface area contributed by atoms with Crippen LogP contribution in [0.1, 0.15) is 25.9 Å². The molecule has 0 unspecified atom stereocenters. The van der Waals surface area contributed by atoms with Gasteiger partial charge in [-0.25, -0.2) is 9.97 Å². The highest BCUT2D eigenvalue weighted by Crippen LogP contribution is 2.24. The molecular weight excluding hydrogens is 326 g/mol. The van der Waals surface area contributed by atoms with Gasteiger partial charge in [-0.05, 0) is 19.1 Å². The van der Waals surface area contributed by atoms with Crippen LogP contribution in [0.5, 0.6) is 0 Å². The number of nitrogens with zero attached hydrogens (tertiary/aromatic N) is 3. The Morgan fingerprint density at radius 3 is 2.54 bits per heavy atom. The number of carbonyl (C=O) groups excluding carboxylic acids is 2. The van der Waals surface area contributed by atoms with Crippen molar-refractivity contribution in [1.29, 1.82) is 0 Å². The van der Waals surface area contributed by atoms with Crippen molar-refractivity contribution in [2.45, 2.75) is 6.92 Å². The molecule has 7 nitrogen and oxygen atoms in total. The van der Waals surface area contributed by atoms with E-state index >= 15 is 0 Å². The Morgan fingerprint density at radius 1 is 1.04 bits per heavy atom. The average Bonchev–Trinajstić information content (AvgIpc) is 2.97. The van der Waals surface area contributed by atoms with E-state index in [-0.39, 0.29) is 11.6 Å². The molecule has 0 aliphatic carbocycles. The molecular formula is C16H13N5O2S. The molecule has 2 heterocycles. The summed E-state index contributed by atoms with van der Waals surface area (Å²) < 4.78 is 0. The van der Waals surface area contributed by atoms with Gasteiger partial charge in [0, 0.05) is 18.1 Å². The normalized spacial score (nSPS) is 10.2. The molecule has 120 valence electrons. The molecule has 8 heteroatoms. The minimum Gasteiger partial charge on any atom is -0.321 e. The summed E-state index contributed by atoms with van der Waals surface area (Å²) in [7, 11) is 0. The average molecular weight is 339 g/mol. The van der Waals surface area contributed by atoms with Gasteiger partial charge < -0.3 is 5.32 Å². The molecule has 0 aliphatic heterocycles. The summed E-state index contributed by atoms with van der Waals surface area (Å²) in [5.74, 6) is -0.692. The van der Waals surface area contributed by atoms with Crippen LogP contribution >= 0.6 is 11.3 Å². The Hall–Kier alpha value is -3.13. The molecule has 3 rings (SSSR count). The summed E-state index contributed by atoms with van der Waals surface area (Å²) in [4.78, 5) is 36.8. The van der Waals surface area contributed by atoms with Gasteiger partial charge in [0.2, 0.25) is 0 Å². The van der Waals surface area contributed by atoms with E-state index in [4.69, 9.17) is 0 Å². The summed E-state index contributed by atoms with van der Waals surface area (Å²) in [6, 6.07) is 9.13. The van der Waals surface area contributed by atoms with Crippen LogP contribution in [0.2, 0.25) is 0 Å². The summed E-state index contributed by atoms with van der Waals surface area (Å²) in [6.45, 7) is 1.72. The molecule has 2 aromatic heterocycles. The lowest BCUT2D eigenvalue weighted by Gasteiger charge is -2.02. The molecule has 2 amide bonds. The second-order valence-electron chi connectivity index (χ2n) is 4.80. The van der Waals surface area contributed by atoms with Crippen LogP contribution in [-0.4, -0.2) is 26.8 Å². The highest BCUT2D eigenvalue weighted by molar-refractivity contribution is 7.17. The second kappa shape index (κ2) is 6.97. The molecule has 3 aromatic rings. The largest absolute Gasteiger partial charge is 0.321 e. The summed E-state index contributed by atoms with van der Waals surface area (Å²) in [5, 5.41) is 5.75. The molecule has 0 fully saturated rings. The van der Waals surface area contributed by atoms with Crippen LogP contribution in [0, 0.1) is 6.92 Å². The molecule has 0 bridgehead atoms. The molecule has 0 spiro atoms. The fourth-order valence-corrected chi connectivity index (χ4v) is 2.80. The molecule has 24 heavy (non-hydrogen) atoms. The lowest BCUT2D eigenvalue weighted by Crippen LogP contribution is -2.13. The van der Waals surface area contributed by atoms with Crippen LogP contribution in [0.15, 0.2) is 48.9 Å². The van der Waals surface area contributed by atoms with Gasteiger partial charge in [0.15, 0.2) is 5.13 Å². The standard InChI is InChI=1S/C16H13N5O2S/c1-10-13(15(23)20-11-5-3-2-4-6-11)24-16(19-10)21-14(22)12-9-17-7-8-18-12/h2-9H,1H3,(H,20,23)(H,19,21,22). The monoisotopic (exact) mass is 339 g/mol. The molecule has 0 saturated carbocycles. The third-order valence-corrected chi connectivity index (χ3v) is 4.12. The molecule has 0 saturated heterocycles. The molecule has 0 aliphatic rings. The van der Waals surface area contributed by atoms with Crippen molar-refractivity contribution in [2.75, 3.05) is 10.6 Å². The van der Waals surface area contributed by atoms with Gasteiger partial charge in [0.25, 0.3) is 11.8 Å². The van der Waals surface area contributed by atoms with Crippen LogP contribution in [0.25, 0.3) is 0 Å². The Labute approximate surface area is 141 Å². The summed E-state index contributed by atoms with van der Waals surface area (Å²) in [6.07, 6.45) is 4.27. The first-order valence-electron chi connectivity index (χ1n) is 7.04. The van der Waals surface area contributed by atoms with Gasteiger partial charge in [-0.1, -0.05) is 29.5 Å². The predicted molar refractivity (Wildman–Crippen MR) is 91.2 cm³/mol. The maximum Gasteiger partial charge on any atom is 0.277 e. The molecule has 1 aromatic carbocycles. The summed E-state index contributed by atoms with van der Waals surface area (Å²) >= 11 is 1.11. The highest BCUT2D eigenvalue weighted by atomic mass is 32.1. The predicted octanol–water partition coefficient (Wildman–Crippen LogP) is 2.75. The second-order valence-corrected chi connectivity index (χ2v) is 5.80. The molecule has 0 radical (unpaired) electrons. The van der Waals surface area contributed by atoms with Crippen LogP contribution in [-0.2, 0) is 0 Å². The van der Waals surface area contributed by atoms with Crippen molar-refractivity contribution in [2.24, 2.45) is 0 Å². The number of thiazole rings is 1. The third-order valence-electron chi connectivity index (χ3n) is 3.05. The maximum absolute atomic E-state index is 12.3. The van der Waals surface area contributed by atoms with Crippen LogP contribution in [0.3, 0.4) is 0 Å². The number of aryl methyl sites for hydroxylation is 1. The lowest BCUT2D eigenvalue weighted by molar-refractivity contribution is 0.101. The Morgan fingerprint density at radius 2 is 1.83 bits per heavy atom. The first-order valence-corrected chi connectivity index (χ1v) is 7.86. The minimum absolute atomic E-state index is 0.181. The van der Waals surface area contributed by atoms with E-state index in [2.05, 4.69) is 25.6 Å². The number of nitrogens with one attached hydrogen (secondary N) is 2. The van der Waals surface area contributed by atoms with Gasteiger partial charge in [0.05, 0.1) is 11.9 Å². The van der Waals surface area contributed by atoms with E-state index in [9.17, 15) is 9.59 Å². The van der Waals surface area contributed by atoms with Crippen molar-refractivity contribution in [3.05, 3.63) is 65.2 Å².